The number of rotatable bonds is 6. The number of H-pyrrole nitrogens is 1. The Kier molecular flexibility index (Phi) is 6.03. The van der Waals surface area contributed by atoms with Crippen LogP contribution in [0.25, 0.3) is 22.3 Å². The zero-order chi connectivity index (χ0) is 23.8. The quantitative estimate of drug-likeness (QED) is 0.351. The molecule has 0 saturated carbocycles. The molecule has 4 aromatic rings. The van der Waals surface area contributed by atoms with Crippen molar-refractivity contribution in [3.8, 4) is 22.6 Å². The first-order valence-corrected chi connectivity index (χ1v) is 10.2. The normalized spacial score (nSPS) is 12.6. The van der Waals surface area contributed by atoms with Crippen LogP contribution in [-0.2, 0) is 0 Å². The lowest BCUT2D eigenvalue weighted by Gasteiger charge is -2.23. The molecule has 0 aliphatic rings. The lowest BCUT2D eigenvalue weighted by atomic mass is 9.93. The number of aromatic amines is 1. The molecule has 172 valence electrons. The number of fused-ring (bicyclic) bond motifs is 1. The summed E-state index contributed by atoms with van der Waals surface area (Å²) in [5.74, 6) is 0.780. The molecule has 0 spiro atoms. The van der Waals surface area contributed by atoms with Crippen LogP contribution >= 0.6 is 11.6 Å². The number of nitrogens with zero attached hydrogens (tertiary/aromatic N) is 3. The van der Waals surface area contributed by atoms with Crippen LogP contribution in [0, 0.1) is 6.92 Å². The smallest absolute Gasteiger partial charge is 0.496 e. The topological polar surface area (TPSA) is 85.0 Å². The highest BCUT2D eigenvalue weighted by atomic mass is 35.5. The molecule has 2 N–H and O–H groups in total. The van der Waals surface area contributed by atoms with Gasteiger partial charge in [-0.3, -0.25) is 0 Å². The molecule has 0 fully saturated rings. The summed E-state index contributed by atoms with van der Waals surface area (Å²) in [6, 6.07) is 7.06. The number of alkyl halides is 3. The van der Waals surface area contributed by atoms with Crippen LogP contribution in [0.2, 0.25) is 5.02 Å². The van der Waals surface area contributed by atoms with Gasteiger partial charge in [-0.2, -0.15) is 0 Å². The first kappa shape index (κ1) is 22.7. The number of aromatic nitrogens is 4. The summed E-state index contributed by atoms with van der Waals surface area (Å²) in [7, 11) is 1.53. The van der Waals surface area contributed by atoms with Crippen molar-refractivity contribution in [2.75, 3.05) is 12.4 Å². The van der Waals surface area contributed by atoms with Crippen molar-refractivity contribution in [1.29, 1.82) is 0 Å². The van der Waals surface area contributed by atoms with Gasteiger partial charge in [0.1, 0.15) is 23.3 Å². The van der Waals surface area contributed by atoms with Crippen LogP contribution in [-0.4, -0.2) is 33.4 Å². The Balaban J connectivity index is 1.74. The van der Waals surface area contributed by atoms with Crippen LogP contribution < -0.4 is 14.8 Å². The Hall–Kier alpha value is -3.53. The van der Waals surface area contributed by atoms with Crippen LogP contribution in [0.4, 0.5) is 19.0 Å². The minimum Gasteiger partial charge on any atom is -0.496 e. The summed E-state index contributed by atoms with van der Waals surface area (Å²) in [6.45, 7) is 3.73. The van der Waals surface area contributed by atoms with Crippen molar-refractivity contribution >= 4 is 28.6 Å². The molecule has 1 atom stereocenters. The first-order chi connectivity index (χ1) is 15.7. The molecular weight excluding hydrogens is 459 g/mol. The molecule has 2 aromatic heterocycles. The summed E-state index contributed by atoms with van der Waals surface area (Å²) in [5.41, 5.74) is 3.95. The fourth-order valence-corrected chi connectivity index (χ4v) is 3.83. The van der Waals surface area contributed by atoms with Crippen molar-refractivity contribution in [1.82, 2.24) is 19.9 Å². The van der Waals surface area contributed by atoms with E-state index in [2.05, 4.69) is 30.0 Å². The third-order valence-corrected chi connectivity index (χ3v) is 5.52. The van der Waals surface area contributed by atoms with Crippen molar-refractivity contribution in [3.05, 3.63) is 59.1 Å². The number of imidazole rings is 1. The van der Waals surface area contributed by atoms with E-state index in [0.717, 1.165) is 11.1 Å². The molecule has 2 heterocycles. The van der Waals surface area contributed by atoms with Gasteiger partial charge in [-0.05, 0) is 43.2 Å². The molecule has 0 amide bonds. The van der Waals surface area contributed by atoms with Crippen molar-refractivity contribution in [3.63, 3.8) is 0 Å². The van der Waals surface area contributed by atoms with E-state index in [1.54, 1.807) is 6.07 Å². The van der Waals surface area contributed by atoms with E-state index in [9.17, 15) is 13.2 Å². The minimum atomic E-state index is -4.76. The SMILES string of the molecule is COc1c(C(C)Nc2ncnc3nc[nH]c23)cc(Cl)c(C)c1-c1ccc(OC(F)(F)F)cc1. The number of ether oxygens (including phenoxy) is 2. The van der Waals surface area contributed by atoms with E-state index < -0.39 is 6.36 Å². The van der Waals surface area contributed by atoms with Gasteiger partial charge >= 0.3 is 6.36 Å². The molecule has 7 nitrogen and oxygen atoms in total. The number of halogens is 4. The Labute approximate surface area is 191 Å². The number of benzene rings is 2. The Bertz CT molecular complexity index is 1290. The molecule has 2 aromatic carbocycles. The van der Waals surface area contributed by atoms with Gasteiger partial charge in [0.25, 0.3) is 0 Å². The van der Waals surface area contributed by atoms with E-state index in [1.165, 1.54) is 44.0 Å². The maximum absolute atomic E-state index is 12.5. The zero-order valence-corrected chi connectivity index (χ0v) is 18.5. The van der Waals surface area contributed by atoms with Gasteiger partial charge in [0.2, 0.25) is 0 Å². The first-order valence-electron chi connectivity index (χ1n) is 9.81. The fraction of sp³-hybridized carbons (Fsp3) is 0.227. The molecular formula is C22H19ClF3N5O2. The summed E-state index contributed by atoms with van der Waals surface area (Å²) in [4.78, 5) is 15.5. The summed E-state index contributed by atoms with van der Waals surface area (Å²) >= 11 is 6.54. The molecule has 33 heavy (non-hydrogen) atoms. The van der Waals surface area contributed by atoms with Crippen LogP contribution in [0.3, 0.4) is 0 Å². The minimum absolute atomic E-state index is 0.300. The number of anilines is 1. The summed E-state index contributed by atoms with van der Waals surface area (Å²) < 4.78 is 47.3. The van der Waals surface area contributed by atoms with Crippen molar-refractivity contribution in [2.45, 2.75) is 26.3 Å². The predicted octanol–water partition coefficient (Wildman–Crippen LogP) is 6.06. The molecule has 0 aliphatic heterocycles. The van der Waals surface area contributed by atoms with Gasteiger partial charge in [-0.1, -0.05) is 23.7 Å². The zero-order valence-electron chi connectivity index (χ0n) is 17.8. The number of hydrogen-bond donors (Lipinski definition) is 2. The monoisotopic (exact) mass is 477 g/mol. The van der Waals surface area contributed by atoms with Crippen molar-refractivity contribution in [2.24, 2.45) is 0 Å². The second-order valence-electron chi connectivity index (χ2n) is 7.24. The highest BCUT2D eigenvalue weighted by molar-refractivity contribution is 6.32. The highest BCUT2D eigenvalue weighted by Gasteiger charge is 2.31. The highest BCUT2D eigenvalue weighted by Crippen LogP contribution is 2.43. The van der Waals surface area contributed by atoms with Crippen LogP contribution in [0.5, 0.6) is 11.5 Å². The Morgan fingerprint density at radius 2 is 1.85 bits per heavy atom. The number of methoxy groups -OCH3 is 1. The molecule has 0 saturated heterocycles. The molecule has 0 radical (unpaired) electrons. The predicted molar refractivity (Wildman–Crippen MR) is 119 cm³/mol. The third-order valence-electron chi connectivity index (χ3n) is 5.13. The Morgan fingerprint density at radius 1 is 1.12 bits per heavy atom. The van der Waals surface area contributed by atoms with Crippen LogP contribution in [0.15, 0.2) is 43.0 Å². The van der Waals surface area contributed by atoms with Gasteiger partial charge in [0.15, 0.2) is 11.5 Å². The number of nitrogens with one attached hydrogen (secondary N) is 2. The molecule has 0 aliphatic carbocycles. The van der Waals surface area contributed by atoms with Gasteiger partial charge in [-0.25, -0.2) is 15.0 Å². The summed E-state index contributed by atoms with van der Waals surface area (Å²) in [5, 5.41) is 3.80. The average molecular weight is 478 g/mol. The van der Waals surface area contributed by atoms with Gasteiger partial charge in [-0.15, -0.1) is 13.2 Å². The molecule has 4 rings (SSSR count). The Morgan fingerprint density at radius 3 is 2.52 bits per heavy atom. The standard InChI is InChI=1S/C22H19ClF3N5O2/c1-11-16(23)8-15(12(2)31-21-18-20(28-9-27-18)29-10-30-21)19(32-3)17(11)13-4-6-14(7-5-13)33-22(24,25)26/h4-10,12H,1-3H3,(H2,27,28,29,30,31). The second-order valence-corrected chi connectivity index (χ2v) is 7.65. The van der Waals surface area contributed by atoms with E-state index in [4.69, 9.17) is 16.3 Å². The molecule has 11 heteroatoms. The van der Waals surface area contributed by atoms with Gasteiger partial charge < -0.3 is 19.8 Å². The van der Waals surface area contributed by atoms with E-state index in [-0.39, 0.29) is 11.8 Å². The van der Waals surface area contributed by atoms with E-state index in [0.29, 0.717) is 38.9 Å². The van der Waals surface area contributed by atoms with E-state index >= 15 is 0 Å². The maximum atomic E-state index is 12.5. The van der Waals surface area contributed by atoms with E-state index in [1.807, 2.05) is 13.8 Å². The second kappa shape index (κ2) is 8.78. The average Bonchev–Trinajstić information content (AvgIpc) is 3.25. The number of hydrogen-bond acceptors (Lipinski definition) is 6. The summed E-state index contributed by atoms with van der Waals surface area (Å²) in [6.07, 6.45) is -1.82. The largest absolute Gasteiger partial charge is 0.573 e. The van der Waals surface area contributed by atoms with Gasteiger partial charge in [0.05, 0.1) is 19.5 Å². The molecule has 0 bridgehead atoms. The van der Waals surface area contributed by atoms with Gasteiger partial charge in [0, 0.05) is 16.1 Å². The lowest BCUT2D eigenvalue weighted by Crippen LogP contribution is -2.17. The third kappa shape index (κ3) is 4.65. The fourth-order valence-electron chi connectivity index (χ4n) is 3.61. The molecule has 1 unspecified atom stereocenters. The van der Waals surface area contributed by atoms with Crippen LogP contribution in [0.1, 0.15) is 24.1 Å². The maximum Gasteiger partial charge on any atom is 0.573 e. The van der Waals surface area contributed by atoms with Crippen molar-refractivity contribution < 1.29 is 22.6 Å². The lowest BCUT2D eigenvalue weighted by molar-refractivity contribution is -0.274.